The maximum Gasteiger partial charge on any atom is 0.425 e. The Balaban J connectivity index is 3.10. The second kappa shape index (κ2) is 4.70. The lowest BCUT2D eigenvalue weighted by atomic mass is 10.1. The van der Waals surface area contributed by atoms with E-state index in [0.29, 0.717) is 6.92 Å². The Kier molecular flexibility index (Phi) is 3.83. The van der Waals surface area contributed by atoms with Crippen molar-refractivity contribution in [3.05, 3.63) is 29.3 Å². The lowest BCUT2D eigenvalue weighted by Gasteiger charge is -2.20. The number of hydrogen-bond acceptors (Lipinski definition) is 1. The molecule has 0 saturated heterocycles. The van der Waals surface area contributed by atoms with Gasteiger partial charge in [0.25, 0.3) is 0 Å². The molecule has 0 amide bonds. The first-order valence-corrected chi connectivity index (χ1v) is 4.93. The van der Waals surface area contributed by atoms with Gasteiger partial charge in [-0.2, -0.15) is 26.3 Å². The molecule has 0 aromatic heterocycles. The molecule has 0 spiro atoms. The maximum absolute atomic E-state index is 12.6. The lowest BCUT2D eigenvalue weighted by Crippen LogP contribution is -2.31. The van der Waals surface area contributed by atoms with E-state index in [0.717, 1.165) is 12.1 Å². The van der Waals surface area contributed by atoms with Gasteiger partial charge in [0.15, 0.2) is 6.10 Å². The summed E-state index contributed by atoms with van der Waals surface area (Å²) in [6, 6.07) is 2.90. The SMILES string of the molecule is Cc1ccc(OC(C)C(F)(F)F)c(C(F)(F)F)c1. The average Bonchev–Trinajstić information content (AvgIpc) is 2.17. The van der Waals surface area contributed by atoms with Crippen LogP contribution in [0.5, 0.6) is 5.75 Å². The van der Waals surface area contributed by atoms with Crippen molar-refractivity contribution < 1.29 is 31.1 Å². The monoisotopic (exact) mass is 272 g/mol. The van der Waals surface area contributed by atoms with Crippen LogP contribution >= 0.6 is 0 Å². The molecule has 0 radical (unpaired) electrons. The van der Waals surface area contributed by atoms with Gasteiger partial charge in [-0.15, -0.1) is 0 Å². The van der Waals surface area contributed by atoms with Crippen LogP contribution in [-0.4, -0.2) is 12.3 Å². The second-order valence-corrected chi connectivity index (χ2v) is 3.80. The van der Waals surface area contributed by atoms with Crippen molar-refractivity contribution in [2.75, 3.05) is 0 Å². The highest BCUT2D eigenvalue weighted by Crippen LogP contribution is 2.38. The van der Waals surface area contributed by atoms with Crippen LogP contribution in [0.15, 0.2) is 18.2 Å². The molecule has 1 unspecified atom stereocenters. The minimum absolute atomic E-state index is 0.286. The molecule has 0 aliphatic rings. The highest BCUT2D eigenvalue weighted by atomic mass is 19.4. The van der Waals surface area contributed by atoms with Crippen LogP contribution in [0.3, 0.4) is 0 Å². The number of ether oxygens (including phenoxy) is 1. The van der Waals surface area contributed by atoms with Crippen LogP contribution in [0.25, 0.3) is 0 Å². The van der Waals surface area contributed by atoms with Crippen molar-refractivity contribution in [1.82, 2.24) is 0 Å². The Morgan fingerprint density at radius 2 is 1.61 bits per heavy atom. The second-order valence-electron chi connectivity index (χ2n) is 3.80. The number of rotatable bonds is 2. The third-order valence-corrected chi connectivity index (χ3v) is 2.21. The molecule has 1 atom stereocenters. The van der Waals surface area contributed by atoms with Crippen LogP contribution < -0.4 is 4.74 Å². The first-order valence-electron chi connectivity index (χ1n) is 4.93. The van der Waals surface area contributed by atoms with Crippen molar-refractivity contribution in [2.45, 2.75) is 32.3 Å². The molecular weight excluding hydrogens is 262 g/mol. The molecule has 18 heavy (non-hydrogen) atoms. The predicted octanol–water partition coefficient (Wildman–Crippen LogP) is 4.34. The van der Waals surface area contributed by atoms with Crippen molar-refractivity contribution in [1.29, 1.82) is 0 Å². The van der Waals surface area contributed by atoms with Gasteiger partial charge in [-0.05, 0) is 26.0 Å². The summed E-state index contributed by atoms with van der Waals surface area (Å²) < 4.78 is 78.9. The molecule has 0 heterocycles. The van der Waals surface area contributed by atoms with Crippen LogP contribution in [0.1, 0.15) is 18.1 Å². The minimum atomic E-state index is -4.76. The van der Waals surface area contributed by atoms with Crippen molar-refractivity contribution in [3.8, 4) is 5.75 Å². The standard InChI is InChI=1S/C11H10F6O/c1-6-3-4-9(8(5-6)11(15,16)17)18-7(2)10(12,13)14/h3-5,7H,1-2H3. The van der Waals surface area contributed by atoms with Gasteiger partial charge < -0.3 is 4.74 Å². The van der Waals surface area contributed by atoms with E-state index < -0.39 is 29.8 Å². The smallest absolute Gasteiger partial charge is 0.425 e. The zero-order chi connectivity index (χ0) is 14.1. The van der Waals surface area contributed by atoms with Gasteiger partial charge in [0.05, 0.1) is 5.56 Å². The molecule has 0 aliphatic heterocycles. The third-order valence-electron chi connectivity index (χ3n) is 2.21. The molecule has 0 fully saturated rings. The predicted molar refractivity (Wildman–Crippen MR) is 52.3 cm³/mol. The highest BCUT2D eigenvalue weighted by Gasteiger charge is 2.40. The zero-order valence-corrected chi connectivity index (χ0v) is 9.49. The van der Waals surface area contributed by atoms with E-state index in [-0.39, 0.29) is 5.56 Å². The molecule has 0 aliphatic carbocycles. The largest absolute Gasteiger partial charge is 0.481 e. The highest BCUT2D eigenvalue weighted by molar-refractivity contribution is 5.39. The van der Waals surface area contributed by atoms with Crippen molar-refractivity contribution >= 4 is 0 Å². The van der Waals surface area contributed by atoms with E-state index in [1.807, 2.05) is 0 Å². The molecule has 102 valence electrons. The fourth-order valence-corrected chi connectivity index (χ4v) is 1.23. The Bertz CT molecular complexity index is 421. The number of aryl methyl sites for hydroxylation is 1. The molecule has 0 bridgehead atoms. The molecule has 0 N–H and O–H groups in total. The first-order chi connectivity index (χ1) is 8.01. The minimum Gasteiger partial charge on any atom is -0.481 e. The molecular formula is C11H10F6O. The van der Waals surface area contributed by atoms with Crippen LogP contribution in [0, 0.1) is 6.92 Å². The molecule has 7 heteroatoms. The number of halogens is 6. The topological polar surface area (TPSA) is 9.23 Å². The summed E-state index contributed by atoms with van der Waals surface area (Å²) in [7, 11) is 0. The number of alkyl halides is 6. The van der Waals surface area contributed by atoms with E-state index in [4.69, 9.17) is 0 Å². The summed E-state index contributed by atoms with van der Waals surface area (Å²) >= 11 is 0. The van der Waals surface area contributed by atoms with E-state index in [1.165, 1.54) is 13.0 Å². The molecule has 1 nitrogen and oxygen atoms in total. The van der Waals surface area contributed by atoms with Crippen LogP contribution in [-0.2, 0) is 6.18 Å². The van der Waals surface area contributed by atoms with Crippen LogP contribution in [0.2, 0.25) is 0 Å². The Morgan fingerprint density at radius 3 is 2.06 bits per heavy atom. The summed E-state index contributed by atoms with van der Waals surface area (Å²) in [6.45, 7) is 2.06. The third kappa shape index (κ3) is 3.54. The Hall–Kier alpha value is -1.40. The van der Waals surface area contributed by atoms with E-state index >= 15 is 0 Å². The maximum atomic E-state index is 12.6. The Labute approximate surface area is 99.4 Å². The summed E-state index contributed by atoms with van der Waals surface area (Å²) in [5, 5.41) is 0. The van der Waals surface area contributed by atoms with Gasteiger partial charge in [0.2, 0.25) is 0 Å². The van der Waals surface area contributed by atoms with Gasteiger partial charge in [0, 0.05) is 0 Å². The molecule has 1 aromatic rings. The first kappa shape index (κ1) is 14.7. The fourth-order valence-electron chi connectivity index (χ4n) is 1.23. The van der Waals surface area contributed by atoms with Crippen LogP contribution in [0.4, 0.5) is 26.3 Å². The Morgan fingerprint density at radius 1 is 1.06 bits per heavy atom. The van der Waals surface area contributed by atoms with Gasteiger partial charge in [-0.3, -0.25) is 0 Å². The van der Waals surface area contributed by atoms with Crippen molar-refractivity contribution in [2.24, 2.45) is 0 Å². The van der Waals surface area contributed by atoms with Gasteiger partial charge >= 0.3 is 12.4 Å². The number of benzene rings is 1. The van der Waals surface area contributed by atoms with E-state index in [2.05, 4.69) is 4.74 Å². The van der Waals surface area contributed by atoms with Gasteiger partial charge in [-0.25, -0.2) is 0 Å². The van der Waals surface area contributed by atoms with Crippen molar-refractivity contribution in [3.63, 3.8) is 0 Å². The molecule has 0 saturated carbocycles. The summed E-state index contributed by atoms with van der Waals surface area (Å²) in [5.74, 6) is -0.821. The summed E-state index contributed by atoms with van der Waals surface area (Å²) in [6.07, 6.45) is -11.8. The lowest BCUT2D eigenvalue weighted by molar-refractivity contribution is -0.191. The van der Waals surface area contributed by atoms with Gasteiger partial charge in [-0.1, -0.05) is 11.6 Å². The summed E-state index contributed by atoms with van der Waals surface area (Å²) in [4.78, 5) is 0. The average molecular weight is 272 g/mol. The molecule has 1 rings (SSSR count). The fraction of sp³-hybridized carbons (Fsp3) is 0.455. The quantitative estimate of drug-likeness (QED) is 0.727. The number of hydrogen-bond donors (Lipinski definition) is 0. The summed E-state index contributed by atoms with van der Waals surface area (Å²) in [5.41, 5.74) is -0.923. The van der Waals surface area contributed by atoms with E-state index in [1.54, 1.807) is 0 Å². The zero-order valence-electron chi connectivity index (χ0n) is 9.49. The normalized spacial score (nSPS) is 14.4. The van der Waals surface area contributed by atoms with E-state index in [9.17, 15) is 26.3 Å². The molecule has 1 aromatic carbocycles. The van der Waals surface area contributed by atoms with Gasteiger partial charge in [0.1, 0.15) is 5.75 Å².